The van der Waals surface area contributed by atoms with E-state index in [0.717, 1.165) is 26.1 Å². The van der Waals surface area contributed by atoms with Crippen LogP contribution in [0.15, 0.2) is 0 Å². The molecule has 1 fully saturated rings. The summed E-state index contributed by atoms with van der Waals surface area (Å²) in [5.41, 5.74) is 0. The van der Waals surface area contributed by atoms with Crippen molar-refractivity contribution in [2.24, 2.45) is 5.92 Å². The fraction of sp³-hybridized carbons (Fsp3) is 1.00. The highest BCUT2D eigenvalue weighted by Gasteiger charge is 2.13. The molecule has 4 atom stereocenters. The molecule has 2 heteroatoms. The van der Waals surface area contributed by atoms with E-state index in [1.165, 1.54) is 0 Å². The molecular weight excluding hydrogens is 148 g/mol. The van der Waals surface area contributed by atoms with Crippen LogP contribution in [0.4, 0.5) is 0 Å². The second-order valence-electron chi connectivity index (χ2n) is 3.08. The molecule has 0 radical (unpaired) electrons. The maximum atomic E-state index is 7.80. The van der Waals surface area contributed by atoms with Gasteiger partial charge in [-0.15, -0.1) is 0 Å². The molecule has 0 heterocycles. The van der Waals surface area contributed by atoms with Crippen molar-refractivity contribution < 1.29 is 5.48 Å². The van der Waals surface area contributed by atoms with Crippen LogP contribution in [0.5, 0.6) is 0 Å². The van der Waals surface area contributed by atoms with Gasteiger partial charge in [-0.1, -0.05) is 25.6 Å². The SMILES string of the molecule is [2H]C1C([2H])C([2H])C(CCNCCNC)C1[2H]. The van der Waals surface area contributed by atoms with Gasteiger partial charge in [0.15, 0.2) is 0 Å². The largest absolute Gasteiger partial charge is 0.318 e. The molecular formula is C10H22N2. The number of likely N-dealkylation sites (N-methyl/N-ethyl adjacent to an activating group) is 1. The number of nitrogens with one attached hydrogen (secondary N) is 2. The van der Waals surface area contributed by atoms with E-state index in [9.17, 15) is 0 Å². The monoisotopic (exact) mass is 174 g/mol. The fourth-order valence-corrected chi connectivity index (χ4v) is 1.28. The maximum absolute atomic E-state index is 7.80. The highest BCUT2D eigenvalue weighted by Crippen LogP contribution is 2.26. The first-order valence-corrected chi connectivity index (χ1v) is 4.64. The van der Waals surface area contributed by atoms with Gasteiger partial charge in [-0.25, -0.2) is 0 Å². The Hall–Kier alpha value is -0.0800. The Bertz CT molecular complexity index is 191. The van der Waals surface area contributed by atoms with Crippen LogP contribution in [-0.4, -0.2) is 26.7 Å². The molecule has 72 valence electrons. The molecule has 2 N–H and O–H groups in total. The van der Waals surface area contributed by atoms with Gasteiger partial charge in [0, 0.05) is 18.6 Å². The summed E-state index contributed by atoms with van der Waals surface area (Å²) in [6, 6.07) is 0. The fourth-order valence-electron chi connectivity index (χ4n) is 1.28. The summed E-state index contributed by atoms with van der Waals surface area (Å²) < 4.78 is 30.9. The van der Waals surface area contributed by atoms with Gasteiger partial charge in [0.25, 0.3) is 0 Å². The van der Waals surface area contributed by atoms with E-state index in [1.807, 2.05) is 7.05 Å². The van der Waals surface area contributed by atoms with Crippen LogP contribution in [0, 0.1) is 5.92 Å². The molecule has 1 rings (SSSR count). The Kier molecular flexibility index (Phi) is 3.01. The highest BCUT2D eigenvalue weighted by molar-refractivity contribution is 4.68. The quantitative estimate of drug-likeness (QED) is 0.594. The van der Waals surface area contributed by atoms with Crippen LogP contribution < -0.4 is 10.6 Å². The average molecular weight is 174 g/mol. The molecule has 0 saturated heterocycles. The molecule has 0 amide bonds. The van der Waals surface area contributed by atoms with Crippen LogP contribution in [0.25, 0.3) is 0 Å². The van der Waals surface area contributed by atoms with Gasteiger partial charge >= 0.3 is 0 Å². The lowest BCUT2D eigenvalue weighted by molar-refractivity contribution is 0.477. The van der Waals surface area contributed by atoms with Crippen LogP contribution >= 0.6 is 0 Å². The van der Waals surface area contributed by atoms with Crippen LogP contribution in [0.1, 0.15) is 37.5 Å². The van der Waals surface area contributed by atoms with Gasteiger partial charge in [-0.05, 0) is 25.9 Å². The molecule has 1 aliphatic carbocycles. The van der Waals surface area contributed by atoms with Crippen molar-refractivity contribution in [1.29, 1.82) is 0 Å². The second-order valence-corrected chi connectivity index (χ2v) is 3.08. The van der Waals surface area contributed by atoms with Crippen molar-refractivity contribution in [2.75, 3.05) is 26.7 Å². The van der Waals surface area contributed by atoms with E-state index in [1.54, 1.807) is 0 Å². The average Bonchev–Trinajstić information content (AvgIpc) is 2.46. The molecule has 4 unspecified atom stereocenters. The molecule has 1 saturated carbocycles. The molecule has 0 aliphatic heterocycles. The van der Waals surface area contributed by atoms with Crippen molar-refractivity contribution in [1.82, 2.24) is 10.6 Å². The van der Waals surface area contributed by atoms with E-state index in [0.29, 0.717) is 0 Å². The Morgan fingerprint density at radius 2 is 2.00 bits per heavy atom. The zero-order valence-corrected chi connectivity index (χ0v) is 7.72. The smallest absolute Gasteiger partial charge is 0.0269 e. The Morgan fingerprint density at radius 3 is 2.67 bits per heavy atom. The minimum absolute atomic E-state index is 0.118. The maximum Gasteiger partial charge on any atom is 0.0269 e. The van der Waals surface area contributed by atoms with Crippen molar-refractivity contribution in [2.45, 2.75) is 32.0 Å². The molecule has 0 spiro atoms. The lowest BCUT2D eigenvalue weighted by Gasteiger charge is -2.09. The van der Waals surface area contributed by atoms with Crippen LogP contribution in [-0.2, 0) is 0 Å². The summed E-state index contributed by atoms with van der Waals surface area (Å²) in [6.45, 7) is 2.56. The Labute approximate surface area is 81.7 Å². The molecule has 1 aliphatic rings. The number of rotatable bonds is 6. The minimum Gasteiger partial charge on any atom is -0.318 e. The van der Waals surface area contributed by atoms with E-state index in [2.05, 4.69) is 10.6 Å². The summed E-state index contributed by atoms with van der Waals surface area (Å²) in [6.07, 6.45) is -1.79. The molecule has 0 aromatic rings. The summed E-state index contributed by atoms with van der Waals surface area (Å²) in [4.78, 5) is 0. The molecule has 0 aromatic carbocycles. The Morgan fingerprint density at radius 1 is 1.25 bits per heavy atom. The topological polar surface area (TPSA) is 24.1 Å². The van der Waals surface area contributed by atoms with Crippen molar-refractivity contribution in [3.8, 4) is 0 Å². The third-order valence-electron chi connectivity index (χ3n) is 2.03. The first kappa shape index (κ1) is 5.61. The standard InChI is InChI=1S/C10H22N2/c1-11-8-9-12-7-6-10-4-2-3-5-10/h10-12H,2-9H2,1H3/i2D,3D,4D,5D. The van der Waals surface area contributed by atoms with Crippen molar-refractivity contribution >= 4 is 0 Å². The molecule has 12 heavy (non-hydrogen) atoms. The van der Waals surface area contributed by atoms with Gasteiger partial charge < -0.3 is 10.6 Å². The van der Waals surface area contributed by atoms with Crippen LogP contribution in [0.2, 0.25) is 0 Å². The van der Waals surface area contributed by atoms with Gasteiger partial charge in [0.05, 0.1) is 0 Å². The third kappa shape index (κ3) is 4.07. The summed E-state index contributed by atoms with van der Waals surface area (Å²) in [5, 5.41) is 6.26. The van der Waals surface area contributed by atoms with Crippen LogP contribution in [0.3, 0.4) is 0 Å². The van der Waals surface area contributed by atoms with Gasteiger partial charge in [0.2, 0.25) is 0 Å². The van der Waals surface area contributed by atoms with E-state index < -0.39 is 25.6 Å². The predicted octanol–water partition coefficient (Wildman–Crippen LogP) is 1.38. The van der Waals surface area contributed by atoms with Gasteiger partial charge in [-0.3, -0.25) is 0 Å². The van der Waals surface area contributed by atoms with Gasteiger partial charge in [-0.2, -0.15) is 0 Å². The number of hydrogen-bond acceptors (Lipinski definition) is 2. The van der Waals surface area contributed by atoms with Crippen molar-refractivity contribution in [3.05, 3.63) is 0 Å². The van der Waals surface area contributed by atoms with Gasteiger partial charge in [0.1, 0.15) is 0 Å². The summed E-state index contributed by atoms with van der Waals surface area (Å²) in [5.74, 6) is -0.118. The minimum atomic E-state index is -0.704. The predicted molar refractivity (Wildman–Crippen MR) is 53.4 cm³/mol. The zero-order valence-electron chi connectivity index (χ0n) is 11.7. The first-order chi connectivity index (χ1) is 7.59. The van der Waals surface area contributed by atoms with E-state index in [-0.39, 0.29) is 5.92 Å². The summed E-state index contributed by atoms with van der Waals surface area (Å²) in [7, 11) is 1.90. The lowest BCUT2D eigenvalue weighted by atomic mass is 10.0. The van der Waals surface area contributed by atoms with E-state index in [4.69, 9.17) is 5.48 Å². The first-order valence-electron chi connectivity index (χ1n) is 6.94. The highest BCUT2D eigenvalue weighted by atomic mass is 14.9. The third-order valence-corrected chi connectivity index (χ3v) is 2.03. The summed E-state index contributed by atoms with van der Waals surface area (Å²) >= 11 is 0. The second kappa shape index (κ2) is 6.44. The van der Waals surface area contributed by atoms with Crippen molar-refractivity contribution in [3.63, 3.8) is 0 Å². The lowest BCUT2D eigenvalue weighted by Crippen LogP contribution is -2.26. The molecule has 0 aromatic heterocycles. The Balaban J connectivity index is 2.26. The zero-order chi connectivity index (χ0) is 12.1. The van der Waals surface area contributed by atoms with E-state index >= 15 is 0 Å². The number of hydrogen-bond donors (Lipinski definition) is 2. The molecule has 2 nitrogen and oxygen atoms in total. The normalized spacial score (nSPS) is 52.6. The molecule has 0 bridgehead atoms.